The van der Waals surface area contributed by atoms with Crippen LogP contribution in [-0.2, 0) is 0 Å². The van der Waals surface area contributed by atoms with Crippen molar-refractivity contribution in [1.29, 1.82) is 0 Å². The maximum absolute atomic E-state index is 2.28. The maximum atomic E-state index is 2.28. The summed E-state index contributed by atoms with van der Waals surface area (Å²) in [6.07, 6.45) is 7.20. The average molecular weight is 155 g/mol. The Balaban J connectivity index is 2.65. The van der Waals surface area contributed by atoms with E-state index in [1.807, 2.05) is 0 Å². The molecule has 1 radical (unpaired) electrons. The number of hydrogen-bond donors (Lipinski definition) is 0. The van der Waals surface area contributed by atoms with Crippen molar-refractivity contribution in [3.05, 3.63) is 0 Å². The van der Waals surface area contributed by atoms with Crippen LogP contribution in [0.15, 0.2) is 0 Å². The van der Waals surface area contributed by atoms with Crippen molar-refractivity contribution in [2.45, 2.75) is 56.5 Å². The van der Waals surface area contributed by atoms with Crippen molar-refractivity contribution in [1.82, 2.24) is 0 Å². The minimum absolute atomic E-state index is 0.814. The summed E-state index contributed by atoms with van der Waals surface area (Å²) in [6.45, 7) is 4.56. The van der Waals surface area contributed by atoms with Gasteiger partial charge in [0.15, 0.2) is 15.2 Å². The van der Waals surface area contributed by atoms with E-state index in [2.05, 4.69) is 13.8 Å². The SMILES string of the molecule is CCCC[CH2][Al][CH2]CCC. The largest absolute Gasteiger partial charge is 0.199 e. The molecule has 0 aliphatic carbocycles. The third-order valence-electron chi connectivity index (χ3n) is 1.77. The molecule has 0 aliphatic rings. The van der Waals surface area contributed by atoms with Crippen molar-refractivity contribution in [2.75, 3.05) is 0 Å². The van der Waals surface area contributed by atoms with Gasteiger partial charge in [-0.2, -0.15) is 0 Å². The highest BCUT2D eigenvalue weighted by molar-refractivity contribution is 6.35. The smallest absolute Gasteiger partial charge is 0.104 e. The van der Waals surface area contributed by atoms with Crippen LogP contribution < -0.4 is 0 Å². The van der Waals surface area contributed by atoms with Crippen LogP contribution in [0.3, 0.4) is 0 Å². The fourth-order valence-corrected chi connectivity index (χ4v) is 2.59. The molecule has 59 valence electrons. The van der Waals surface area contributed by atoms with Gasteiger partial charge in [0, 0.05) is 0 Å². The van der Waals surface area contributed by atoms with E-state index in [1.54, 1.807) is 10.6 Å². The minimum Gasteiger partial charge on any atom is -0.104 e. The molecule has 0 atom stereocenters. The topological polar surface area (TPSA) is 0 Å². The zero-order chi connectivity index (χ0) is 7.66. The quantitative estimate of drug-likeness (QED) is 0.390. The van der Waals surface area contributed by atoms with E-state index in [-0.39, 0.29) is 0 Å². The van der Waals surface area contributed by atoms with Gasteiger partial charge in [-0.15, -0.1) is 10.6 Å². The highest BCUT2D eigenvalue weighted by Gasteiger charge is 1.90. The second kappa shape index (κ2) is 9.53. The second-order valence-electron chi connectivity index (χ2n) is 2.93. The summed E-state index contributed by atoms with van der Waals surface area (Å²) >= 11 is 0.814. The molecule has 0 bridgehead atoms. The fourth-order valence-electron chi connectivity index (χ4n) is 1.03. The summed E-state index contributed by atoms with van der Waals surface area (Å²) in [7, 11) is 0. The average Bonchev–Trinajstić information content (AvgIpc) is 1.97. The zero-order valence-electron chi connectivity index (χ0n) is 7.53. The van der Waals surface area contributed by atoms with Crippen molar-refractivity contribution in [3.8, 4) is 0 Å². The first-order valence-electron chi connectivity index (χ1n) is 4.73. The van der Waals surface area contributed by atoms with Gasteiger partial charge in [0.05, 0.1) is 0 Å². The van der Waals surface area contributed by atoms with Crippen LogP contribution in [0.4, 0.5) is 0 Å². The molecule has 0 aromatic heterocycles. The van der Waals surface area contributed by atoms with Gasteiger partial charge < -0.3 is 0 Å². The normalized spacial score (nSPS) is 9.80. The number of unbranched alkanes of at least 4 members (excludes halogenated alkanes) is 3. The minimum atomic E-state index is 0.814. The number of rotatable bonds is 7. The Bertz CT molecular complexity index is 44.7. The van der Waals surface area contributed by atoms with Crippen molar-refractivity contribution in [3.63, 3.8) is 0 Å². The highest BCUT2D eigenvalue weighted by Crippen LogP contribution is 2.02. The molecular weight excluding hydrogens is 135 g/mol. The lowest BCUT2D eigenvalue weighted by Gasteiger charge is -1.95. The first kappa shape index (κ1) is 10.5. The van der Waals surface area contributed by atoms with Crippen LogP contribution in [0.2, 0.25) is 10.6 Å². The molecule has 1 heteroatoms. The summed E-state index contributed by atoms with van der Waals surface area (Å²) in [6, 6.07) is 0. The van der Waals surface area contributed by atoms with Gasteiger partial charge in [-0.1, -0.05) is 46.0 Å². The second-order valence-corrected chi connectivity index (χ2v) is 4.66. The monoisotopic (exact) mass is 155 g/mol. The molecule has 0 aliphatic heterocycles. The predicted molar refractivity (Wildman–Crippen MR) is 49.8 cm³/mol. The van der Waals surface area contributed by atoms with E-state index in [0.717, 1.165) is 15.2 Å². The van der Waals surface area contributed by atoms with Gasteiger partial charge in [0.1, 0.15) is 0 Å². The first-order valence-corrected chi connectivity index (χ1v) is 6.36. The Kier molecular flexibility index (Phi) is 10.0. The molecule has 0 saturated carbocycles. The van der Waals surface area contributed by atoms with Crippen LogP contribution in [-0.4, -0.2) is 15.2 Å². The molecule has 0 N–H and O–H groups in total. The molecule has 0 aromatic carbocycles. The lowest BCUT2D eigenvalue weighted by atomic mass is 10.3. The Morgan fingerprint density at radius 3 is 2.00 bits per heavy atom. The molecular formula is C9H20Al. The highest BCUT2D eigenvalue weighted by atomic mass is 27.1. The molecule has 0 amide bonds. The van der Waals surface area contributed by atoms with E-state index >= 15 is 0 Å². The summed E-state index contributed by atoms with van der Waals surface area (Å²) in [5.74, 6) is 0. The molecule has 0 heterocycles. The van der Waals surface area contributed by atoms with E-state index < -0.39 is 0 Å². The Hall–Kier alpha value is 0.532. The van der Waals surface area contributed by atoms with Gasteiger partial charge in [-0.05, 0) is 0 Å². The van der Waals surface area contributed by atoms with E-state index in [0.29, 0.717) is 0 Å². The third kappa shape index (κ3) is 8.53. The van der Waals surface area contributed by atoms with Crippen LogP contribution >= 0.6 is 0 Å². The van der Waals surface area contributed by atoms with Crippen LogP contribution in [0.5, 0.6) is 0 Å². The summed E-state index contributed by atoms with van der Waals surface area (Å²) in [4.78, 5) is 0. The standard InChI is InChI=1S/C5H11.C4H9.Al/c1-3-5-4-2;1-3-4-2;/h1,3-5H2,2H3;1,3-4H2,2H3;. The van der Waals surface area contributed by atoms with Crippen molar-refractivity contribution >= 4 is 15.2 Å². The molecule has 0 fully saturated rings. The van der Waals surface area contributed by atoms with Crippen molar-refractivity contribution < 1.29 is 0 Å². The maximum Gasteiger partial charge on any atom is 0.199 e. The molecule has 0 spiro atoms. The molecule has 0 nitrogen and oxygen atoms in total. The van der Waals surface area contributed by atoms with Gasteiger partial charge in [0.2, 0.25) is 0 Å². The fraction of sp³-hybridized carbons (Fsp3) is 1.00. The summed E-state index contributed by atoms with van der Waals surface area (Å²) in [5.41, 5.74) is 0. The molecule has 0 aromatic rings. The van der Waals surface area contributed by atoms with Gasteiger partial charge in [0.25, 0.3) is 0 Å². The van der Waals surface area contributed by atoms with E-state index in [9.17, 15) is 0 Å². The zero-order valence-corrected chi connectivity index (χ0v) is 8.68. The van der Waals surface area contributed by atoms with E-state index in [4.69, 9.17) is 0 Å². The summed E-state index contributed by atoms with van der Waals surface area (Å²) < 4.78 is 0. The molecule has 0 rings (SSSR count). The third-order valence-corrected chi connectivity index (χ3v) is 3.41. The first-order chi connectivity index (χ1) is 4.91. The summed E-state index contributed by atoms with van der Waals surface area (Å²) in [5, 5.41) is 3.09. The van der Waals surface area contributed by atoms with Gasteiger partial charge in [-0.3, -0.25) is 0 Å². The molecule has 0 saturated heterocycles. The molecule has 10 heavy (non-hydrogen) atoms. The molecule has 0 unspecified atom stereocenters. The van der Waals surface area contributed by atoms with Crippen molar-refractivity contribution in [2.24, 2.45) is 0 Å². The van der Waals surface area contributed by atoms with Gasteiger partial charge in [-0.25, -0.2) is 0 Å². The van der Waals surface area contributed by atoms with E-state index in [1.165, 1.54) is 32.1 Å². The van der Waals surface area contributed by atoms with Crippen LogP contribution in [0, 0.1) is 0 Å². The Morgan fingerprint density at radius 2 is 1.40 bits per heavy atom. The number of hydrogen-bond acceptors (Lipinski definition) is 0. The van der Waals surface area contributed by atoms with Crippen LogP contribution in [0.1, 0.15) is 46.0 Å². The lowest BCUT2D eigenvalue weighted by Crippen LogP contribution is -1.88. The lowest BCUT2D eigenvalue weighted by molar-refractivity contribution is 0.765. The van der Waals surface area contributed by atoms with Crippen LogP contribution in [0.25, 0.3) is 0 Å². The van der Waals surface area contributed by atoms with Gasteiger partial charge >= 0.3 is 0 Å². The Morgan fingerprint density at radius 1 is 0.800 bits per heavy atom. The predicted octanol–water partition coefficient (Wildman–Crippen LogP) is 3.52. The Labute approximate surface area is 72.1 Å².